The number of carbonyl (C=O) groups excluding carboxylic acids is 1. The van der Waals surface area contributed by atoms with E-state index in [2.05, 4.69) is 13.8 Å². The molecular formula is C32H46CaO6. The number of carboxylic acid groups (broad SMARTS) is 2. The Morgan fingerprint density at radius 2 is 1.10 bits per heavy atom. The molecule has 0 aliphatic rings. The molecule has 2 aromatic carbocycles. The van der Waals surface area contributed by atoms with Crippen LogP contribution in [0.25, 0.3) is 0 Å². The molecule has 0 saturated heterocycles. The van der Waals surface area contributed by atoms with E-state index in [0.29, 0.717) is 12.0 Å². The average molecular weight is 567 g/mol. The van der Waals surface area contributed by atoms with Crippen molar-refractivity contribution in [3.63, 3.8) is 0 Å². The number of aryl methyl sites for hydroxylation is 2. The molecular weight excluding hydrogens is 520 g/mol. The van der Waals surface area contributed by atoms with Gasteiger partial charge in [-0.3, -0.25) is 0 Å². The second kappa shape index (κ2) is 23.0. The van der Waals surface area contributed by atoms with Gasteiger partial charge in [-0.2, -0.15) is 0 Å². The SMILES string of the molecule is CCCCCCCCCc1ccc(O)cc1C(=O)O.CCCCCCCCCc1ccc([O-])cc1C(=O)[O-].[Ca+2]. The van der Waals surface area contributed by atoms with E-state index < -0.39 is 11.9 Å². The van der Waals surface area contributed by atoms with Gasteiger partial charge in [0.05, 0.1) is 11.5 Å². The number of phenols is 1. The molecule has 7 heteroatoms. The topological polar surface area (TPSA) is 121 Å². The molecule has 0 fully saturated rings. The number of benzene rings is 2. The fraction of sp³-hybridized carbons (Fsp3) is 0.562. The van der Waals surface area contributed by atoms with E-state index in [0.717, 1.165) is 43.7 Å². The first-order chi connectivity index (χ1) is 18.3. The first kappa shape index (κ1) is 37.2. The molecule has 0 radical (unpaired) electrons. The Morgan fingerprint density at radius 3 is 1.56 bits per heavy atom. The van der Waals surface area contributed by atoms with Crippen LogP contribution < -0.4 is 10.2 Å². The van der Waals surface area contributed by atoms with Gasteiger partial charge in [-0.05, 0) is 54.5 Å². The molecule has 0 aliphatic heterocycles. The molecule has 0 aromatic heterocycles. The Hall–Kier alpha value is -1.76. The molecule has 0 amide bonds. The normalized spacial score (nSPS) is 10.3. The van der Waals surface area contributed by atoms with Crippen molar-refractivity contribution in [3.8, 4) is 11.5 Å². The Kier molecular flexibility index (Phi) is 22.0. The third kappa shape index (κ3) is 16.8. The van der Waals surface area contributed by atoms with Crippen LogP contribution in [0, 0.1) is 0 Å². The molecule has 0 aliphatic carbocycles. The second-order valence-corrected chi connectivity index (χ2v) is 10.00. The van der Waals surface area contributed by atoms with Crippen molar-refractivity contribution in [1.29, 1.82) is 0 Å². The van der Waals surface area contributed by atoms with Crippen LogP contribution in [0.2, 0.25) is 0 Å². The first-order valence-corrected chi connectivity index (χ1v) is 14.4. The maximum atomic E-state index is 11.1. The quantitative estimate of drug-likeness (QED) is 0.159. The summed E-state index contributed by atoms with van der Waals surface area (Å²) < 4.78 is 0. The summed E-state index contributed by atoms with van der Waals surface area (Å²) in [5.74, 6) is -2.48. The van der Waals surface area contributed by atoms with Gasteiger partial charge in [-0.1, -0.05) is 115 Å². The molecule has 0 heterocycles. The number of hydrogen-bond acceptors (Lipinski definition) is 5. The Bertz CT molecular complexity index is 882. The molecule has 6 nitrogen and oxygen atoms in total. The van der Waals surface area contributed by atoms with E-state index in [9.17, 15) is 24.9 Å². The zero-order valence-corrected chi connectivity index (χ0v) is 26.2. The van der Waals surface area contributed by atoms with Gasteiger partial charge in [0.25, 0.3) is 0 Å². The van der Waals surface area contributed by atoms with Crippen LogP contribution in [0.5, 0.6) is 11.5 Å². The Balaban J connectivity index is 0.000000722. The minimum atomic E-state index is -1.25. The minimum Gasteiger partial charge on any atom is -0.872 e. The average Bonchev–Trinajstić information content (AvgIpc) is 2.89. The predicted molar refractivity (Wildman–Crippen MR) is 154 cm³/mol. The number of carboxylic acids is 2. The number of carbonyl (C=O) groups is 2. The van der Waals surface area contributed by atoms with Gasteiger partial charge in [0.1, 0.15) is 5.75 Å². The molecule has 212 valence electrons. The monoisotopic (exact) mass is 566 g/mol. The van der Waals surface area contributed by atoms with Crippen LogP contribution in [0.1, 0.15) is 136 Å². The van der Waals surface area contributed by atoms with E-state index in [1.807, 2.05) is 0 Å². The van der Waals surface area contributed by atoms with Gasteiger partial charge >= 0.3 is 43.7 Å². The molecule has 39 heavy (non-hydrogen) atoms. The summed E-state index contributed by atoms with van der Waals surface area (Å²) >= 11 is 0. The standard InChI is InChI=1S/2C16H24O3.Ca/c2*1-2-3-4-5-6-7-8-9-13-10-11-14(17)12-15(13)16(18)19;/h2*10-12,17H,2-9H2,1H3,(H,18,19);/q;;+2/p-2. The van der Waals surface area contributed by atoms with Crippen LogP contribution in [0.15, 0.2) is 36.4 Å². The van der Waals surface area contributed by atoms with Crippen molar-refractivity contribution in [2.24, 2.45) is 0 Å². The van der Waals surface area contributed by atoms with Gasteiger partial charge in [0, 0.05) is 0 Å². The maximum Gasteiger partial charge on any atom is 2.00 e. The van der Waals surface area contributed by atoms with Crippen LogP contribution in [-0.2, 0) is 12.8 Å². The number of aromatic carboxylic acids is 2. The van der Waals surface area contributed by atoms with E-state index in [1.165, 1.54) is 76.3 Å². The Labute approximate surface area is 264 Å². The van der Waals surface area contributed by atoms with Crippen LogP contribution in [0.3, 0.4) is 0 Å². The maximum absolute atomic E-state index is 11.1. The van der Waals surface area contributed by atoms with Crippen molar-refractivity contribution in [2.75, 3.05) is 0 Å². The van der Waals surface area contributed by atoms with Crippen molar-refractivity contribution < 1.29 is 30.0 Å². The fourth-order valence-electron chi connectivity index (χ4n) is 4.49. The van der Waals surface area contributed by atoms with Gasteiger partial charge in [-0.25, -0.2) is 4.79 Å². The summed E-state index contributed by atoms with van der Waals surface area (Å²) in [5, 5.41) is 40.5. The third-order valence-electron chi connectivity index (χ3n) is 6.72. The molecule has 2 aromatic rings. The summed E-state index contributed by atoms with van der Waals surface area (Å²) in [6, 6.07) is 8.80. The van der Waals surface area contributed by atoms with Gasteiger partial charge < -0.3 is 25.2 Å². The summed E-state index contributed by atoms with van der Waals surface area (Å²) in [7, 11) is 0. The van der Waals surface area contributed by atoms with E-state index in [-0.39, 0.29) is 60.4 Å². The molecule has 0 spiro atoms. The largest absolute Gasteiger partial charge is 2.00 e. The number of aromatic hydroxyl groups is 1. The van der Waals surface area contributed by atoms with E-state index >= 15 is 0 Å². The Morgan fingerprint density at radius 1 is 0.667 bits per heavy atom. The number of hydrogen-bond donors (Lipinski definition) is 2. The smallest absolute Gasteiger partial charge is 0.872 e. The van der Waals surface area contributed by atoms with E-state index in [1.54, 1.807) is 18.2 Å². The van der Waals surface area contributed by atoms with Crippen molar-refractivity contribution in [2.45, 2.75) is 117 Å². The number of unbranched alkanes of at least 4 members (excludes halogenated alkanes) is 12. The van der Waals surface area contributed by atoms with Crippen molar-refractivity contribution >= 4 is 49.7 Å². The molecule has 2 N–H and O–H groups in total. The zero-order chi connectivity index (χ0) is 28.2. The van der Waals surface area contributed by atoms with Gasteiger partial charge in [-0.15, -0.1) is 5.75 Å². The third-order valence-corrected chi connectivity index (χ3v) is 6.72. The van der Waals surface area contributed by atoms with Crippen molar-refractivity contribution in [3.05, 3.63) is 58.7 Å². The van der Waals surface area contributed by atoms with Crippen LogP contribution in [-0.4, -0.2) is 59.9 Å². The molecule has 0 unspecified atom stereocenters. The molecule has 0 saturated carbocycles. The molecule has 0 bridgehead atoms. The van der Waals surface area contributed by atoms with Crippen LogP contribution in [0.4, 0.5) is 0 Å². The van der Waals surface area contributed by atoms with Gasteiger partial charge in [0.15, 0.2) is 0 Å². The molecule has 2 rings (SSSR count). The summed E-state index contributed by atoms with van der Waals surface area (Å²) in [6.07, 6.45) is 18.3. The van der Waals surface area contributed by atoms with Crippen molar-refractivity contribution in [1.82, 2.24) is 0 Å². The summed E-state index contributed by atoms with van der Waals surface area (Å²) in [4.78, 5) is 22.0. The summed E-state index contributed by atoms with van der Waals surface area (Å²) in [5.41, 5.74) is 1.82. The summed E-state index contributed by atoms with van der Waals surface area (Å²) in [6.45, 7) is 4.40. The van der Waals surface area contributed by atoms with Crippen LogP contribution >= 0.6 is 0 Å². The zero-order valence-electron chi connectivity index (χ0n) is 24.0. The fourth-order valence-corrected chi connectivity index (χ4v) is 4.49. The second-order valence-electron chi connectivity index (χ2n) is 10.00. The minimum absolute atomic E-state index is 0. The van der Waals surface area contributed by atoms with E-state index in [4.69, 9.17) is 5.11 Å². The van der Waals surface area contributed by atoms with Gasteiger partial charge in [0.2, 0.25) is 0 Å². The predicted octanol–water partition coefficient (Wildman–Crippen LogP) is 6.42. The first-order valence-electron chi connectivity index (χ1n) is 14.4. The molecule has 0 atom stereocenters. The number of phenolic OH excluding ortho intramolecular Hbond substituents is 1. The number of rotatable bonds is 18.